The lowest BCUT2D eigenvalue weighted by Gasteiger charge is -2.30. The molecule has 0 bridgehead atoms. The third-order valence-corrected chi connectivity index (χ3v) is 7.02. The van der Waals surface area contributed by atoms with Crippen LogP contribution in [0.15, 0.2) is 0 Å². The summed E-state index contributed by atoms with van der Waals surface area (Å²) >= 11 is 0. The van der Waals surface area contributed by atoms with Crippen LogP contribution in [-0.4, -0.2) is 36.2 Å². The number of hydrogen-bond donors (Lipinski definition) is 1. The predicted octanol–water partition coefficient (Wildman–Crippen LogP) is 8.08. The Kier molecular flexibility index (Phi) is 18.6. The van der Waals surface area contributed by atoms with Crippen LogP contribution in [0.3, 0.4) is 0 Å². The van der Waals surface area contributed by atoms with E-state index in [1.165, 1.54) is 110 Å². The third-order valence-electron chi connectivity index (χ3n) is 7.02. The van der Waals surface area contributed by atoms with Gasteiger partial charge in [0.05, 0.1) is 0 Å². The number of aliphatic hydroxyl groups is 1. The Labute approximate surface area is 185 Å². The van der Waals surface area contributed by atoms with E-state index < -0.39 is 0 Å². The fourth-order valence-electron chi connectivity index (χ4n) is 3.95. The van der Waals surface area contributed by atoms with Crippen molar-refractivity contribution in [1.29, 1.82) is 0 Å². The van der Waals surface area contributed by atoms with Gasteiger partial charge in [0.1, 0.15) is 0 Å². The largest absolute Gasteiger partial charge is 0.396 e. The number of unbranched alkanes of at least 4 members (excludes halogenated alkanes) is 7. The molecule has 2 nitrogen and oxygen atoms in total. The van der Waals surface area contributed by atoms with Crippen LogP contribution < -0.4 is 0 Å². The van der Waals surface area contributed by atoms with Gasteiger partial charge in [0.15, 0.2) is 0 Å². The molecule has 0 saturated carbocycles. The molecule has 0 aromatic rings. The normalized spacial score (nSPS) is 17.1. The van der Waals surface area contributed by atoms with E-state index in [-0.39, 0.29) is 0 Å². The van der Waals surface area contributed by atoms with Gasteiger partial charge in [-0.25, -0.2) is 0 Å². The van der Waals surface area contributed by atoms with Crippen molar-refractivity contribution >= 4 is 0 Å². The molecule has 0 aromatic heterocycles. The van der Waals surface area contributed by atoms with Crippen molar-refractivity contribution in [2.24, 2.45) is 17.3 Å². The SMILES string of the molecule is CCC(C)(C)CCCC(C)CO.CCCCCCCCCCN1CCC(C)CC1. The number of likely N-dealkylation sites (tertiary alicyclic amines) is 1. The van der Waals surface area contributed by atoms with E-state index in [4.69, 9.17) is 5.11 Å². The number of aliphatic hydroxyl groups excluding tert-OH is 1. The highest BCUT2D eigenvalue weighted by Crippen LogP contribution is 2.27. The first kappa shape index (κ1) is 28.9. The van der Waals surface area contributed by atoms with Crippen molar-refractivity contribution < 1.29 is 5.11 Å². The zero-order chi connectivity index (χ0) is 22.0. The minimum absolute atomic E-state index is 0.340. The highest BCUT2D eigenvalue weighted by atomic mass is 16.3. The smallest absolute Gasteiger partial charge is 0.0456 e. The first-order valence-electron chi connectivity index (χ1n) is 13.2. The van der Waals surface area contributed by atoms with Gasteiger partial charge in [-0.15, -0.1) is 0 Å². The molecule has 0 radical (unpaired) electrons. The van der Waals surface area contributed by atoms with E-state index in [1.54, 1.807) is 0 Å². The fraction of sp³-hybridized carbons (Fsp3) is 1.00. The third kappa shape index (κ3) is 18.4. The van der Waals surface area contributed by atoms with Gasteiger partial charge in [-0.2, -0.15) is 0 Å². The maximum atomic E-state index is 8.82. The minimum atomic E-state index is 0.340. The molecular formula is C27H57NO. The number of piperidine rings is 1. The summed E-state index contributed by atoms with van der Waals surface area (Å²) in [6, 6.07) is 0. The summed E-state index contributed by atoms with van der Waals surface area (Å²) in [5.74, 6) is 1.46. The average molecular weight is 412 g/mol. The topological polar surface area (TPSA) is 23.5 Å². The van der Waals surface area contributed by atoms with E-state index >= 15 is 0 Å². The van der Waals surface area contributed by atoms with Crippen molar-refractivity contribution in [3.8, 4) is 0 Å². The molecule has 1 aliphatic rings. The standard InChI is InChI=1S/C16H33N.C11H24O/c1-3-4-5-6-7-8-9-10-13-17-14-11-16(2)12-15-17;1-5-11(3,4)8-6-7-10(2)9-12/h16H,3-15H2,1-2H3;10,12H,5-9H2,1-4H3. The molecule has 1 unspecified atom stereocenters. The Balaban J connectivity index is 0.000000578. The summed E-state index contributed by atoms with van der Waals surface area (Å²) < 4.78 is 0. The Hall–Kier alpha value is -0.0800. The monoisotopic (exact) mass is 411 g/mol. The Morgan fingerprint density at radius 3 is 1.97 bits per heavy atom. The molecule has 1 saturated heterocycles. The van der Waals surface area contributed by atoms with Gasteiger partial charge in [0.2, 0.25) is 0 Å². The molecule has 1 rings (SSSR count). The van der Waals surface area contributed by atoms with Crippen molar-refractivity contribution in [2.75, 3.05) is 26.2 Å². The van der Waals surface area contributed by atoms with Crippen LogP contribution in [0.2, 0.25) is 0 Å². The molecule has 1 fully saturated rings. The summed E-state index contributed by atoms with van der Waals surface area (Å²) in [6.07, 6.45) is 19.4. The van der Waals surface area contributed by atoms with Crippen molar-refractivity contribution in [3.05, 3.63) is 0 Å². The van der Waals surface area contributed by atoms with Gasteiger partial charge in [-0.05, 0) is 69.0 Å². The van der Waals surface area contributed by atoms with Gasteiger partial charge >= 0.3 is 0 Å². The Morgan fingerprint density at radius 1 is 0.897 bits per heavy atom. The Bertz CT molecular complexity index is 333. The van der Waals surface area contributed by atoms with Crippen LogP contribution >= 0.6 is 0 Å². The molecule has 2 heteroatoms. The van der Waals surface area contributed by atoms with Gasteiger partial charge < -0.3 is 10.0 Å². The first-order valence-corrected chi connectivity index (χ1v) is 13.2. The van der Waals surface area contributed by atoms with Crippen LogP contribution in [0.25, 0.3) is 0 Å². The molecule has 1 heterocycles. The van der Waals surface area contributed by atoms with E-state index in [9.17, 15) is 0 Å². The molecule has 0 spiro atoms. The lowest BCUT2D eigenvalue weighted by molar-refractivity contribution is 0.189. The van der Waals surface area contributed by atoms with Crippen LogP contribution in [0, 0.1) is 17.3 Å². The van der Waals surface area contributed by atoms with E-state index in [0.717, 1.165) is 5.92 Å². The second kappa shape index (κ2) is 18.7. The molecule has 29 heavy (non-hydrogen) atoms. The number of hydrogen-bond acceptors (Lipinski definition) is 2. The van der Waals surface area contributed by atoms with Crippen molar-refractivity contribution in [1.82, 2.24) is 4.90 Å². The van der Waals surface area contributed by atoms with E-state index in [0.29, 0.717) is 17.9 Å². The lowest BCUT2D eigenvalue weighted by atomic mass is 9.84. The maximum absolute atomic E-state index is 8.82. The highest BCUT2D eigenvalue weighted by Gasteiger charge is 2.15. The minimum Gasteiger partial charge on any atom is -0.396 e. The fourth-order valence-corrected chi connectivity index (χ4v) is 3.95. The van der Waals surface area contributed by atoms with Crippen LogP contribution in [-0.2, 0) is 0 Å². The molecule has 176 valence electrons. The van der Waals surface area contributed by atoms with E-state index in [2.05, 4.69) is 46.4 Å². The molecule has 1 atom stereocenters. The summed E-state index contributed by atoms with van der Waals surface area (Å²) in [4.78, 5) is 2.68. The van der Waals surface area contributed by atoms with Crippen molar-refractivity contribution in [2.45, 2.75) is 131 Å². The number of rotatable bonds is 15. The van der Waals surface area contributed by atoms with Crippen molar-refractivity contribution in [3.63, 3.8) is 0 Å². The van der Waals surface area contributed by atoms with E-state index in [1.807, 2.05) is 0 Å². The molecule has 0 amide bonds. The van der Waals surface area contributed by atoms with Gasteiger partial charge in [0.25, 0.3) is 0 Å². The number of nitrogens with zero attached hydrogens (tertiary/aromatic N) is 1. The second-order valence-electron chi connectivity index (χ2n) is 10.7. The maximum Gasteiger partial charge on any atom is 0.0456 e. The average Bonchev–Trinajstić information content (AvgIpc) is 2.71. The zero-order valence-corrected chi connectivity index (χ0v) is 21.3. The predicted molar refractivity (Wildman–Crippen MR) is 132 cm³/mol. The quantitative estimate of drug-likeness (QED) is 0.275. The van der Waals surface area contributed by atoms with Crippen LogP contribution in [0.1, 0.15) is 131 Å². The lowest BCUT2D eigenvalue weighted by Crippen LogP contribution is -2.33. The summed E-state index contributed by atoms with van der Waals surface area (Å²) in [7, 11) is 0. The van der Waals surface area contributed by atoms with Gasteiger partial charge in [-0.1, -0.05) is 99.3 Å². The molecule has 1 N–H and O–H groups in total. The second-order valence-corrected chi connectivity index (χ2v) is 10.7. The molecule has 0 aliphatic carbocycles. The molecular weight excluding hydrogens is 354 g/mol. The van der Waals surface area contributed by atoms with Gasteiger partial charge in [0, 0.05) is 6.61 Å². The first-order chi connectivity index (χ1) is 13.8. The van der Waals surface area contributed by atoms with Gasteiger partial charge in [-0.3, -0.25) is 0 Å². The Morgan fingerprint density at radius 2 is 1.45 bits per heavy atom. The highest BCUT2D eigenvalue weighted by molar-refractivity contribution is 4.69. The van der Waals surface area contributed by atoms with Crippen LogP contribution in [0.5, 0.6) is 0 Å². The summed E-state index contributed by atoms with van der Waals surface area (Å²) in [5.41, 5.74) is 0.495. The summed E-state index contributed by atoms with van der Waals surface area (Å²) in [6.45, 7) is 18.1. The summed E-state index contributed by atoms with van der Waals surface area (Å²) in [5, 5.41) is 8.82. The molecule has 0 aromatic carbocycles. The zero-order valence-electron chi connectivity index (χ0n) is 21.3. The van der Waals surface area contributed by atoms with Crippen LogP contribution in [0.4, 0.5) is 0 Å². The molecule has 1 aliphatic heterocycles.